The zero-order chi connectivity index (χ0) is 21.4. The number of fused-ring (bicyclic) bond motifs is 2. The average Bonchev–Trinajstić information content (AvgIpc) is 3.45. The third kappa shape index (κ3) is 3.72. The number of likely N-dealkylation sites (N-methyl/N-ethyl adjacent to an activating group) is 2. The third-order valence-electron chi connectivity index (χ3n) is 6.63. The molecule has 4 heterocycles. The van der Waals surface area contributed by atoms with E-state index in [1.807, 2.05) is 25.5 Å². The quantitative estimate of drug-likeness (QED) is 0.566. The summed E-state index contributed by atoms with van der Waals surface area (Å²) in [6.07, 6.45) is 10.9. The topological polar surface area (TPSA) is 81.2 Å². The van der Waals surface area contributed by atoms with Crippen LogP contribution < -0.4 is 10.6 Å². The number of H-pyrrole nitrogens is 1. The number of rotatable bonds is 6. The minimum Gasteiger partial charge on any atom is -0.344 e. The van der Waals surface area contributed by atoms with Crippen LogP contribution >= 0.6 is 0 Å². The minimum atomic E-state index is -0.0403. The predicted molar refractivity (Wildman–Crippen MR) is 126 cm³/mol. The zero-order valence-corrected chi connectivity index (χ0v) is 18.6. The smallest absolute Gasteiger partial charge is 0.138 e. The Morgan fingerprint density at radius 2 is 2.06 bits per heavy atom. The highest BCUT2D eigenvalue weighted by Gasteiger charge is 2.32. The zero-order valence-electron chi connectivity index (χ0n) is 18.6. The van der Waals surface area contributed by atoms with Gasteiger partial charge in [-0.05, 0) is 57.5 Å². The largest absolute Gasteiger partial charge is 0.344 e. The van der Waals surface area contributed by atoms with Crippen molar-refractivity contribution in [2.24, 2.45) is 4.99 Å². The van der Waals surface area contributed by atoms with Gasteiger partial charge in [0.05, 0.1) is 11.9 Å². The first-order valence-corrected chi connectivity index (χ1v) is 11.3. The number of aryl methyl sites for hydroxylation is 1. The van der Waals surface area contributed by atoms with Crippen molar-refractivity contribution in [3.8, 4) is 0 Å². The summed E-state index contributed by atoms with van der Waals surface area (Å²) in [6.45, 7) is 3.89. The fourth-order valence-corrected chi connectivity index (χ4v) is 5.01. The molecule has 31 heavy (non-hydrogen) atoms. The lowest BCUT2D eigenvalue weighted by Crippen LogP contribution is -2.35. The molecule has 2 aliphatic rings. The van der Waals surface area contributed by atoms with Crippen LogP contribution in [0.3, 0.4) is 0 Å². The highest BCUT2D eigenvalue weighted by molar-refractivity contribution is 6.16. The molecule has 0 radical (unpaired) electrons. The Balaban J connectivity index is 1.62. The molecule has 0 bridgehead atoms. The Morgan fingerprint density at radius 3 is 2.87 bits per heavy atom. The Morgan fingerprint density at radius 1 is 1.23 bits per heavy atom. The number of anilines is 1. The molecule has 1 fully saturated rings. The number of aromatic nitrogens is 3. The number of aromatic amines is 1. The number of hydrogen-bond donors (Lipinski definition) is 3. The third-order valence-corrected chi connectivity index (χ3v) is 6.63. The number of amidine groups is 1. The van der Waals surface area contributed by atoms with Crippen LogP contribution in [-0.4, -0.2) is 52.9 Å². The first-order valence-electron chi connectivity index (χ1n) is 11.3. The Labute approximate surface area is 183 Å². The van der Waals surface area contributed by atoms with Gasteiger partial charge in [0.1, 0.15) is 17.6 Å². The van der Waals surface area contributed by atoms with Crippen LogP contribution in [0, 0.1) is 6.92 Å². The molecule has 0 spiro atoms. The summed E-state index contributed by atoms with van der Waals surface area (Å²) in [4.78, 5) is 20.1. The predicted octanol–water partition coefficient (Wildman–Crippen LogP) is 3.95. The van der Waals surface area contributed by atoms with Crippen LogP contribution in [-0.2, 0) is 0 Å². The number of aliphatic imine (C=N–C) groups is 1. The maximum absolute atomic E-state index is 5.27. The maximum atomic E-state index is 5.27. The fourth-order valence-electron chi connectivity index (χ4n) is 5.01. The van der Waals surface area contributed by atoms with Crippen LogP contribution in [0.4, 0.5) is 5.69 Å². The molecular weight excluding hydrogens is 386 g/mol. The fraction of sp³-hybridized carbons (Fsp3) is 0.458. The molecule has 7 heteroatoms. The van der Waals surface area contributed by atoms with Crippen molar-refractivity contribution in [2.75, 3.05) is 32.5 Å². The average molecular weight is 418 g/mol. The van der Waals surface area contributed by atoms with Crippen molar-refractivity contribution < 1.29 is 0 Å². The van der Waals surface area contributed by atoms with Gasteiger partial charge in [-0.2, -0.15) is 0 Å². The molecule has 1 atom stereocenters. The summed E-state index contributed by atoms with van der Waals surface area (Å²) in [6, 6.07) is 4.19. The highest BCUT2D eigenvalue weighted by atomic mass is 15.3. The van der Waals surface area contributed by atoms with Crippen molar-refractivity contribution >= 4 is 22.6 Å². The van der Waals surface area contributed by atoms with Crippen molar-refractivity contribution in [1.29, 1.82) is 0 Å². The molecule has 1 aliphatic heterocycles. The van der Waals surface area contributed by atoms with E-state index in [0.717, 1.165) is 46.9 Å². The first kappa shape index (κ1) is 20.2. The summed E-state index contributed by atoms with van der Waals surface area (Å²) < 4.78 is 0. The van der Waals surface area contributed by atoms with Gasteiger partial charge in [-0.1, -0.05) is 12.8 Å². The molecule has 0 amide bonds. The number of nitrogens with zero attached hydrogens (tertiary/aromatic N) is 4. The van der Waals surface area contributed by atoms with Crippen molar-refractivity contribution in [3.63, 3.8) is 0 Å². The number of nitrogens with one attached hydrogen (secondary N) is 3. The number of pyridine rings is 2. The van der Waals surface area contributed by atoms with E-state index in [0.29, 0.717) is 5.92 Å². The van der Waals surface area contributed by atoms with E-state index in [4.69, 9.17) is 4.99 Å². The molecule has 3 N–H and O–H groups in total. The van der Waals surface area contributed by atoms with Gasteiger partial charge in [0.15, 0.2) is 0 Å². The first-order chi connectivity index (χ1) is 15.2. The van der Waals surface area contributed by atoms with Crippen molar-refractivity contribution in [3.05, 3.63) is 53.1 Å². The van der Waals surface area contributed by atoms with Crippen LogP contribution in [0.1, 0.15) is 60.2 Å². The van der Waals surface area contributed by atoms with Gasteiger partial charge in [0, 0.05) is 47.7 Å². The lowest BCUT2D eigenvalue weighted by atomic mass is 9.91. The van der Waals surface area contributed by atoms with E-state index in [-0.39, 0.29) is 6.17 Å². The Hall–Kier alpha value is -2.77. The normalized spacial score (nSPS) is 19.0. The van der Waals surface area contributed by atoms with Crippen LogP contribution in [0.2, 0.25) is 0 Å². The summed E-state index contributed by atoms with van der Waals surface area (Å²) in [5, 5.41) is 7.98. The molecule has 7 nitrogen and oxygen atoms in total. The van der Waals surface area contributed by atoms with Crippen molar-refractivity contribution in [2.45, 2.75) is 44.7 Å². The van der Waals surface area contributed by atoms with E-state index >= 15 is 0 Å². The van der Waals surface area contributed by atoms with Crippen LogP contribution in [0.5, 0.6) is 0 Å². The summed E-state index contributed by atoms with van der Waals surface area (Å²) >= 11 is 0. The maximum Gasteiger partial charge on any atom is 0.138 e. The van der Waals surface area contributed by atoms with Gasteiger partial charge < -0.3 is 15.6 Å². The molecule has 5 rings (SSSR count). The molecule has 3 aromatic rings. The van der Waals surface area contributed by atoms with E-state index in [2.05, 4.69) is 56.7 Å². The monoisotopic (exact) mass is 417 g/mol. The minimum absolute atomic E-state index is 0.0403. The number of hydrogen-bond acceptors (Lipinski definition) is 6. The van der Waals surface area contributed by atoms with E-state index in [1.54, 1.807) is 0 Å². The van der Waals surface area contributed by atoms with Gasteiger partial charge >= 0.3 is 0 Å². The molecule has 1 aliphatic carbocycles. The van der Waals surface area contributed by atoms with Crippen LogP contribution in [0.15, 0.2) is 35.7 Å². The van der Waals surface area contributed by atoms with Gasteiger partial charge in [-0.15, -0.1) is 0 Å². The van der Waals surface area contributed by atoms with Gasteiger partial charge in [-0.3, -0.25) is 9.88 Å². The standard InChI is InChI=1S/C24H31N7/c1-15-12-18-17(8-9-27-22(18)28-15)23-29-20-14-26-13-19(16-6-4-5-7-16)21(20)24(30-23)31(3)11-10-25-2/h8-9,12-14,16,24-25H,4-7,10-11H2,1-3H3,(H,27,28)(H,29,30). The van der Waals surface area contributed by atoms with Crippen LogP contribution in [0.25, 0.3) is 11.0 Å². The van der Waals surface area contributed by atoms with E-state index in [1.165, 1.54) is 36.8 Å². The Bertz CT molecular complexity index is 1110. The molecular formula is C24H31N7. The van der Waals surface area contributed by atoms with Gasteiger partial charge in [0.2, 0.25) is 0 Å². The molecule has 1 unspecified atom stereocenters. The molecule has 1 saturated carbocycles. The Kier molecular flexibility index (Phi) is 5.46. The van der Waals surface area contributed by atoms with Gasteiger partial charge in [-0.25, -0.2) is 9.98 Å². The second kappa shape index (κ2) is 8.40. The molecule has 162 valence electrons. The molecule has 0 aromatic carbocycles. The highest BCUT2D eigenvalue weighted by Crippen LogP contribution is 2.43. The second-order valence-electron chi connectivity index (χ2n) is 8.81. The summed E-state index contributed by atoms with van der Waals surface area (Å²) in [7, 11) is 4.16. The lowest BCUT2D eigenvalue weighted by Gasteiger charge is -2.34. The molecule has 3 aromatic heterocycles. The van der Waals surface area contributed by atoms with E-state index in [9.17, 15) is 0 Å². The lowest BCUT2D eigenvalue weighted by molar-refractivity contribution is 0.252. The second-order valence-corrected chi connectivity index (χ2v) is 8.81. The summed E-state index contributed by atoms with van der Waals surface area (Å²) in [5.74, 6) is 1.46. The molecule has 0 saturated heterocycles. The van der Waals surface area contributed by atoms with Crippen molar-refractivity contribution in [1.82, 2.24) is 25.2 Å². The SMILES string of the molecule is CNCCN(C)C1N=C(c2ccnc3[nH]c(C)cc23)Nc2cncc(C3CCCC3)c21. The van der Waals surface area contributed by atoms with Gasteiger partial charge in [0.25, 0.3) is 0 Å². The summed E-state index contributed by atoms with van der Waals surface area (Å²) in [5.41, 5.74) is 6.79. The van der Waals surface area contributed by atoms with E-state index < -0.39 is 0 Å².